The van der Waals surface area contributed by atoms with Crippen LogP contribution in [0.5, 0.6) is 0 Å². The molecule has 3 aromatic rings. The zero-order valence-electron chi connectivity index (χ0n) is 28.9. The van der Waals surface area contributed by atoms with E-state index in [-0.39, 0.29) is 79.0 Å². The normalized spacial score (nSPS) is 10.3. The molecule has 10 nitrogen and oxygen atoms in total. The Morgan fingerprint density at radius 3 is 1.29 bits per heavy atom. The van der Waals surface area contributed by atoms with Crippen LogP contribution in [0, 0.1) is 0 Å². The average Bonchev–Trinajstić information content (AvgIpc) is 3.11. The molecule has 0 spiro atoms. The molecule has 0 radical (unpaired) electrons. The van der Waals surface area contributed by atoms with E-state index >= 15 is 0 Å². The Morgan fingerprint density at radius 2 is 0.882 bits per heavy atom. The van der Waals surface area contributed by atoms with Gasteiger partial charge in [0, 0.05) is 13.5 Å². The second kappa shape index (κ2) is 27.7. The van der Waals surface area contributed by atoms with Crippen LogP contribution in [0.3, 0.4) is 0 Å². The van der Waals surface area contributed by atoms with Crippen molar-refractivity contribution in [1.29, 1.82) is 0 Å². The minimum absolute atomic E-state index is 0. The molecule has 4 amide bonds. The minimum Gasteiger partial charge on any atom is -2.00 e. The molecule has 0 aromatic heterocycles. The van der Waals surface area contributed by atoms with Crippen LogP contribution in [0.2, 0.25) is 0 Å². The molecular weight excluding hydrogens is 838 g/mol. The Kier molecular flexibility index (Phi) is 26.1. The molecule has 0 saturated heterocycles. The van der Waals surface area contributed by atoms with Gasteiger partial charge in [0.1, 0.15) is 23.2 Å². The fourth-order valence-corrected chi connectivity index (χ4v) is 10.3. The molecule has 0 heterocycles. The summed E-state index contributed by atoms with van der Waals surface area (Å²) < 4.78 is 0. The Hall–Kier alpha value is -2.92. The van der Waals surface area contributed by atoms with Crippen molar-refractivity contribution in [3.63, 3.8) is 0 Å². The second-order valence-electron chi connectivity index (χ2n) is 11.5. The number of benzene rings is 3. The van der Waals surface area contributed by atoms with Crippen LogP contribution in [0.25, 0.3) is 0 Å². The Balaban J connectivity index is 0.00000833. The zero-order valence-corrected chi connectivity index (χ0v) is 34.1. The number of halogens is 1. The van der Waals surface area contributed by atoms with Gasteiger partial charge in [-0.1, -0.05) is 92.0 Å². The van der Waals surface area contributed by atoms with Gasteiger partial charge in [0.2, 0.25) is 23.6 Å². The number of thioether (sulfide) groups is 1. The van der Waals surface area contributed by atoms with Gasteiger partial charge in [0.05, 0.1) is 31.5 Å². The fourth-order valence-electron chi connectivity index (χ4n) is 5.41. The summed E-state index contributed by atoms with van der Waals surface area (Å²) in [6, 6.07) is 33.0. The van der Waals surface area contributed by atoms with Crippen LogP contribution in [0.4, 0.5) is 0 Å². The first kappa shape index (κ1) is 48.1. The SMILES string of the molecule is CC(=O)SCC(=O)NCC(=O)NCC(=O)NCC(=O)NCCCCCCCCC[P+](c1ccccc1)(c1ccccc1)c1ccccc1.[99Tc+7].[Br-].[O-2]. The molecule has 0 fully saturated rings. The average molecular weight is 887 g/mol. The van der Waals surface area contributed by atoms with Gasteiger partial charge in [-0.15, -0.1) is 0 Å². The van der Waals surface area contributed by atoms with Crippen molar-refractivity contribution in [2.45, 2.75) is 51.9 Å². The Labute approximate surface area is 330 Å². The van der Waals surface area contributed by atoms with E-state index in [0.717, 1.165) is 50.0 Å². The number of rotatable bonds is 21. The Bertz CT molecular complexity index is 1360. The molecule has 3 aromatic carbocycles. The summed E-state index contributed by atoms with van der Waals surface area (Å²) in [7, 11) is -1.77. The summed E-state index contributed by atoms with van der Waals surface area (Å²) in [5, 5.41) is 14.1. The molecule has 0 bridgehead atoms. The predicted molar refractivity (Wildman–Crippen MR) is 198 cm³/mol. The molecule has 0 saturated carbocycles. The third-order valence-corrected chi connectivity index (χ3v) is 13.2. The second-order valence-corrected chi connectivity index (χ2v) is 16.2. The summed E-state index contributed by atoms with van der Waals surface area (Å²) in [5.41, 5.74) is 0. The first-order valence-electron chi connectivity index (χ1n) is 16.6. The number of carbonyl (C=O) groups excluding carboxylic acids is 5. The molecule has 4 N–H and O–H groups in total. The van der Waals surface area contributed by atoms with Crippen molar-refractivity contribution in [2.75, 3.05) is 38.1 Å². The van der Waals surface area contributed by atoms with Gasteiger partial charge in [-0.2, -0.15) is 0 Å². The van der Waals surface area contributed by atoms with E-state index in [1.807, 2.05) is 0 Å². The molecule has 3 rings (SSSR count). The first-order valence-corrected chi connectivity index (χ1v) is 19.5. The van der Waals surface area contributed by atoms with E-state index < -0.39 is 25.0 Å². The van der Waals surface area contributed by atoms with Crippen molar-refractivity contribution in [2.24, 2.45) is 0 Å². The number of unbranched alkanes of at least 4 members (excludes halogenated alkanes) is 6. The van der Waals surface area contributed by atoms with Gasteiger partial charge in [0.25, 0.3) is 0 Å². The predicted octanol–water partition coefficient (Wildman–Crippen LogP) is 0.338. The van der Waals surface area contributed by atoms with E-state index in [1.165, 1.54) is 35.7 Å². The standard InChI is InChI=1S/C37H47N4O5PS.BrH.O.Tc/c1-30(42)48-29-37(46)41-28-36(45)40-27-35(44)39-26-34(43)38-24-16-5-3-2-4-6-17-25-47(31-18-10-7-11-19-31,32-20-12-8-13-21-32)33-22-14-9-15-23-33;;;/h7-15,18-23H,2-6,16-17,24-29H2,1H3,(H3-,38,39,40,41,43,44,45,46);1H;;/q;;-2;+7/i;;;1+1. The van der Waals surface area contributed by atoms with Crippen LogP contribution >= 0.6 is 19.0 Å². The van der Waals surface area contributed by atoms with Crippen molar-refractivity contribution in [3.05, 3.63) is 91.0 Å². The molecule has 272 valence electrons. The number of carbonyl (C=O) groups is 5. The third-order valence-electron chi connectivity index (χ3n) is 7.83. The van der Waals surface area contributed by atoms with Crippen molar-refractivity contribution < 1.29 is 66.5 Å². The zero-order chi connectivity index (χ0) is 34.5. The smallest absolute Gasteiger partial charge is 2.00 e. The maximum Gasteiger partial charge on any atom is 7.00 e. The number of nitrogens with one attached hydrogen (secondary N) is 4. The summed E-state index contributed by atoms with van der Waals surface area (Å²) in [5.74, 6) is -1.85. The maximum atomic E-state index is 12.1. The first-order chi connectivity index (χ1) is 23.3. The summed E-state index contributed by atoms with van der Waals surface area (Å²) in [6.45, 7) is 1.11. The van der Waals surface area contributed by atoms with E-state index in [4.69, 9.17) is 0 Å². The van der Waals surface area contributed by atoms with Crippen LogP contribution in [-0.4, -0.2) is 66.8 Å². The number of hydrogen-bond donors (Lipinski definition) is 4. The minimum atomic E-state index is -1.77. The molecular formula is C37H48BrN4O6PSTc+5. The van der Waals surface area contributed by atoms with Crippen LogP contribution in [-0.2, 0) is 49.6 Å². The number of amides is 4. The summed E-state index contributed by atoms with van der Waals surface area (Å²) in [6.07, 6.45) is 8.83. The Morgan fingerprint density at radius 1 is 0.529 bits per heavy atom. The maximum absolute atomic E-state index is 12.1. The molecule has 0 aliphatic heterocycles. The fraction of sp³-hybridized carbons (Fsp3) is 0.378. The van der Waals surface area contributed by atoms with Gasteiger partial charge in [-0.05, 0) is 55.7 Å². The van der Waals surface area contributed by atoms with Crippen molar-refractivity contribution in [1.82, 2.24) is 21.3 Å². The van der Waals surface area contributed by atoms with Crippen molar-refractivity contribution >= 4 is 63.7 Å². The van der Waals surface area contributed by atoms with E-state index in [0.29, 0.717) is 6.54 Å². The van der Waals surface area contributed by atoms with Crippen molar-refractivity contribution in [3.8, 4) is 0 Å². The quantitative estimate of drug-likeness (QED) is 0.0892. The molecule has 0 atom stereocenters. The molecule has 0 aliphatic rings. The van der Waals surface area contributed by atoms with E-state index in [2.05, 4.69) is 112 Å². The van der Waals surface area contributed by atoms with E-state index in [9.17, 15) is 24.0 Å². The van der Waals surface area contributed by atoms with Gasteiger partial charge in [-0.25, -0.2) is 0 Å². The van der Waals surface area contributed by atoms with Gasteiger partial charge < -0.3 is 43.7 Å². The monoisotopic (exact) mass is 885 g/mol. The van der Waals surface area contributed by atoms with Gasteiger partial charge in [0.15, 0.2) is 5.12 Å². The van der Waals surface area contributed by atoms with Crippen LogP contribution in [0.15, 0.2) is 91.0 Å². The summed E-state index contributed by atoms with van der Waals surface area (Å²) in [4.78, 5) is 58.2. The van der Waals surface area contributed by atoms with Gasteiger partial charge >= 0.3 is 20.1 Å². The molecule has 0 aliphatic carbocycles. The molecule has 0 unspecified atom stereocenters. The van der Waals surface area contributed by atoms with Crippen LogP contribution < -0.4 is 54.2 Å². The number of hydrogen-bond acceptors (Lipinski definition) is 6. The van der Waals surface area contributed by atoms with Crippen LogP contribution in [0.1, 0.15) is 51.9 Å². The summed E-state index contributed by atoms with van der Waals surface area (Å²) >= 11 is 0.846. The van der Waals surface area contributed by atoms with Gasteiger partial charge in [-0.3, -0.25) is 24.0 Å². The molecule has 51 heavy (non-hydrogen) atoms. The largest absolute Gasteiger partial charge is 7.00 e. The third kappa shape index (κ3) is 17.9. The topological polar surface area (TPSA) is 162 Å². The van der Waals surface area contributed by atoms with E-state index in [1.54, 1.807) is 0 Å². The molecule has 14 heteroatoms.